The van der Waals surface area contributed by atoms with E-state index in [1.807, 2.05) is 24.3 Å². The zero-order valence-corrected chi connectivity index (χ0v) is 18.0. The van der Waals surface area contributed by atoms with E-state index in [-0.39, 0.29) is 11.4 Å². The molecule has 0 aliphatic carbocycles. The molecule has 7 nitrogen and oxygen atoms in total. The van der Waals surface area contributed by atoms with Crippen LogP contribution in [-0.2, 0) is 0 Å². The van der Waals surface area contributed by atoms with Gasteiger partial charge in [-0.2, -0.15) is 0 Å². The molecule has 2 amide bonds. The van der Waals surface area contributed by atoms with Gasteiger partial charge in [0.15, 0.2) is 0 Å². The van der Waals surface area contributed by atoms with Crippen LogP contribution in [0.5, 0.6) is 5.75 Å². The lowest BCUT2D eigenvalue weighted by molar-refractivity contribution is 0.101. The summed E-state index contributed by atoms with van der Waals surface area (Å²) in [7, 11) is 1.57. The van der Waals surface area contributed by atoms with Gasteiger partial charge in [-0.3, -0.25) is 9.59 Å². The number of carbonyl (C=O) groups excluding carboxylic acids is 2. The number of rotatable bonds is 6. The van der Waals surface area contributed by atoms with Crippen molar-refractivity contribution in [2.24, 2.45) is 0 Å². The molecule has 32 heavy (non-hydrogen) atoms. The van der Waals surface area contributed by atoms with Crippen LogP contribution in [0.25, 0.3) is 10.6 Å². The average molecular weight is 451 g/mol. The van der Waals surface area contributed by atoms with Crippen molar-refractivity contribution in [3.05, 3.63) is 83.0 Å². The third kappa shape index (κ3) is 4.37. The lowest BCUT2D eigenvalue weighted by atomic mass is 10.2. The number of furan rings is 1. The standard InChI is InChI=1S/C23H18FN3O4S/c1-13-15(9-10-31-13)21(28)26-18-11-14(7-8-17(18)24)25-22(29)19-12-32-23(27-19)16-5-3-4-6-20(16)30-2/h3-12H,1-2H3,(H,25,29)(H,26,28). The number of thiazole rings is 1. The molecule has 0 spiro atoms. The number of aryl methyl sites for hydroxylation is 1. The summed E-state index contributed by atoms with van der Waals surface area (Å²) >= 11 is 1.31. The Kier molecular flexibility index (Phi) is 6.00. The molecule has 4 rings (SSSR count). The molecule has 2 aromatic carbocycles. The molecule has 0 saturated carbocycles. The summed E-state index contributed by atoms with van der Waals surface area (Å²) in [6, 6.07) is 12.8. The second-order valence-electron chi connectivity index (χ2n) is 6.73. The molecule has 0 aliphatic heterocycles. The normalized spacial score (nSPS) is 10.6. The maximum atomic E-state index is 14.2. The number of nitrogens with one attached hydrogen (secondary N) is 2. The number of hydrogen-bond acceptors (Lipinski definition) is 6. The molecule has 0 aliphatic rings. The lowest BCUT2D eigenvalue weighted by Crippen LogP contribution is -2.15. The number of carbonyl (C=O) groups is 2. The van der Waals surface area contributed by atoms with E-state index in [9.17, 15) is 14.0 Å². The third-order valence-corrected chi connectivity index (χ3v) is 5.53. The van der Waals surface area contributed by atoms with Gasteiger partial charge in [-0.05, 0) is 43.3 Å². The van der Waals surface area contributed by atoms with E-state index >= 15 is 0 Å². The molecule has 0 radical (unpaired) electrons. The van der Waals surface area contributed by atoms with Crippen molar-refractivity contribution in [1.82, 2.24) is 4.98 Å². The quantitative estimate of drug-likeness (QED) is 0.411. The maximum absolute atomic E-state index is 14.2. The minimum atomic E-state index is -0.635. The van der Waals surface area contributed by atoms with Gasteiger partial charge in [-0.1, -0.05) is 12.1 Å². The first-order chi connectivity index (χ1) is 15.5. The smallest absolute Gasteiger partial charge is 0.275 e. The Bertz CT molecular complexity index is 1300. The minimum Gasteiger partial charge on any atom is -0.496 e. The number of amides is 2. The fraction of sp³-hybridized carbons (Fsp3) is 0.0870. The van der Waals surface area contributed by atoms with Crippen molar-refractivity contribution >= 4 is 34.5 Å². The summed E-state index contributed by atoms with van der Waals surface area (Å²) < 4.78 is 24.7. The Morgan fingerprint density at radius 1 is 1.09 bits per heavy atom. The molecule has 2 aromatic heterocycles. The number of aromatic nitrogens is 1. The van der Waals surface area contributed by atoms with Crippen LogP contribution in [0.1, 0.15) is 26.6 Å². The molecule has 0 fully saturated rings. The average Bonchev–Trinajstić information content (AvgIpc) is 3.45. The van der Waals surface area contributed by atoms with E-state index in [1.54, 1.807) is 19.4 Å². The summed E-state index contributed by atoms with van der Waals surface area (Å²) in [5.41, 5.74) is 1.52. The molecule has 0 atom stereocenters. The SMILES string of the molecule is COc1ccccc1-c1nc(C(=O)Nc2ccc(F)c(NC(=O)c3ccoc3C)c2)cs1. The fourth-order valence-corrected chi connectivity index (χ4v) is 3.86. The lowest BCUT2D eigenvalue weighted by Gasteiger charge is -2.09. The van der Waals surface area contributed by atoms with Crippen LogP contribution >= 0.6 is 11.3 Å². The Labute approximate surface area is 186 Å². The molecule has 2 N–H and O–H groups in total. The highest BCUT2D eigenvalue weighted by Crippen LogP contribution is 2.32. The van der Waals surface area contributed by atoms with E-state index in [0.717, 1.165) is 11.6 Å². The summed E-state index contributed by atoms with van der Waals surface area (Å²) in [5, 5.41) is 7.43. The van der Waals surface area contributed by atoms with Crippen LogP contribution < -0.4 is 15.4 Å². The number of ether oxygens (including phenoxy) is 1. The Morgan fingerprint density at radius 2 is 1.91 bits per heavy atom. The van der Waals surface area contributed by atoms with Gasteiger partial charge in [0, 0.05) is 11.1 Å². The third-order valence-electron chi connectivity index (χ3n) is 4.65. The molecule has 2 heterocycles. The van der Waals surface area contributed by atoms with Gasteiger partial charge in [0.05, 0.1) is 30.2 Å². The van der Waals surface area contributed by atoms with Gasteiger partial charge < -0.3 is 19.8 Å². The van der Waals surface area contributed by atoms with E-state index in [1.165, 1.54) is 35.8 Å². The minimum absolute atomic E-state index is 0.0682. The molecule has 0 saturated heterocycles. The predicted octanol–water partition coefficient (Wildman–Crippen LogP) is 5.36. The van der Waals surface area contributed by atoms with Crippen molar-refractivity contribution in [1.29, 1.82) is 0 Å². The van der Waals surface area contributed by atoms with Gasteiger partial charge in [0.25, 0.3) is 11.8 Å². The van der Waals surface area contributed by atoms with Crippen molar-refractivity contribution in [3.8, 4) is 16.3 Å². The highest BCUT2D eigenvalue weighted by molar-refractivity contribution is 7.13. The van der Waals surface area contributed by atoms with Gasteiger partial charge in [0.1, 0.15) is 28.0 Å². The van der Waals surface area contributed by atoms with Gasteiger partial charge in [-0.25, -0.2) is 9.37 Å². The molecule has 4 aromatic rings. The fourth-order valence-electron chi connectivity index (χ4n) is 3.03. The van der Waals surface area contributed by atoms with E-state index in [2.05, 4.69) is 15.6 Å². The topological polar surface area (TPSA) is 93.5 Å². The van der Waals surface area contributed by atoms with Crippen LogP contribution in [0.4, 0.5) is 15.8 Å². The Hall–Kier alpha value is -3.98. The number of methoxy groups -OCH3 is 1. The van der Waals surface area contributed by atoms with Crippen LogP contribution in [0, 0.1) is 12.7 Å². The summed E-state index contributed by atoms with van der Waals surface area (Å²) in [6.07, 6.45) is 1.38. The molecule has 9 heteroatoms. The molecular weight excluding hydrogens is 433 g/mol. The number of para-hydroxylation sites is 1. The second kappa shape index (κ2) is 9.03. The second-order valence-corrected chi connectivity index (χ2v) is 7.59. The van der Waals surface area contributed by atoms with Crippen LogP contribution in [-0.4, -0.2) is 23.9 Å². The van der Waals surface area contributed by atoms with Crippen molar-refractivity contribution in [3.63, 3.8) is 0 Å². The first-order valence-corrected chi connectivity index (χ1v) is 10.4. The van der Waals surface area contributed by atoms with Gasteiger partial charge in [-0.15, -0.1) is 11.3 Å². The largest absolute Gasteiger partial charge is 0.496 e. The van der Waals surface area contributed by atoms with Crippen molar-refractivity contribution in [2.45, 2.75) is 6.92 Å². The monoisotopic (exact) mass is 451 g/mol. The van der Waals surface area contributed by atoms with Gasteiger partial charge in [0.2, 0.25) is 0 Å². The first kappa shape index (κ1) is 21.3. The summed E-state index contributed by atoms with van der Waals surface area (Å²) in [4.78, 5) is 29.4. The molecule has 0 unspecified atom stereocenters. The van der Waals surface area contributed by atoms with E-state index in [0.29, 0.717) is 27.8 Å². The van der Waals surface area contributed by atoms with Crippen LogP contribution in [0.3, 0.4) is 0 Å². The molecule has 162 valence electrons. The number of halogens is 1. The number of benzene rings is 2. The predicted molar refractivity (Wildman–Crippen MR) is 120 cm³/mol. The molecular formula is C23H18FN3O4S. The maximum Gasteiger partial charge on any atom is 0.275 e. The van der Waals surface area contributed by atoms with Crippen LogP contribution in [0.15, 0.2) is 64.6 Å². The first-order valence-electron chi connectivity index (χ1n) is 9.51. The Morgan fingerprint density at radius 3 is 2.66 bits per heavy atom. The number of nitrogens with zero attached hydrogens (tertiary/aromatic N) is 1. The van der Waals surface area contributed by atoms with Crippen molar-refractivity contribution < 1.29 is 23.1 Å². The van der Waals surface area contributed by atoms with Crippen molar-refractivity contribution in [2.75, 3.05) is 17.7 Å². The Balaban J connectivity index is 1.51. The molecule has 0 bridgehead atoms. The van der Waals surface area contributed by atoms with Gasteiger partial charge >= 0.3 is 0 Å². The number of anilines is 2. The van der Waals surface area contributed by atoms with E-state index < -0.39 is 17.6 Å². The zero-order valence-electron chi connectivity index (χ0n) is 17.1. The number of hydrogen-bond donors (Lipinski definition) is 2. The van der Waals surface area contributed by atoms with Crippen LogP contribution in [0.2, 0.25) is 0 Å². The highest BCUT2D eigenvalue weighted by atomic mass is 32.1. The summed E-state index contributed by atoms with van der Waals surface area (Å²) in [6.45, 7) is 1.63. The zero-order chi connectivity index (χ0) is 22.7. The highest BCUT2D eigenvalue weighted by Gasteiger charge is 2.17. The summed E-state index contributed by atoms with van der Waals surface area (Å²) in [5.74, 6) is -0.538. The van der Waals surface area contributed by atoms with E-state index in [4.69, 9.17) is 9.15 Å².